The van der Waals surface area contributed by atoms with Crippen molar-refractivity contribution in [2.45, 2.75) is 53.4 Å². The van der Waals surface area contributed by atoms with Crippen LogP contribution in [0.2, 0.25) is 0 Å². The highest BCUT2D eigenvalue weighted by Gasteiger charge is 2.42. The van der Waals surface area contributed by atoms with Crippen LogP contribution in [0, 0.1) is 33.1 Å². The lowest BCUT2D eigenvalue weighted by atomic mass is 9.65. The molecule has 2 aromatic rings. The molecule has 0 nitrogen and oxygen atoms in total. The Kier molecular flexibility index (Phi) is 3.58. The molecule has 2 aromatic carbocycles. The molecule has 0 heterocycles. The third-order valence-corrected chi connectivity index (χ3v) is 6.58. The minimum absolute atomic E-state index is 0.139. The number of aryl methyl sites for hydroxylation is 4. The van der Waals surface area contributed by atoms with Crippen LogP contribution in [0.25, 0.3) is 12.2 Å². The number of rotatable bonds is 2. The maximum absolute atomic E-state index is 2.45. The third kappa shape index (κ3) is 2.27. The first-order valence-electron chi connectivity index (χ1n) is 9.39. The smallest absolute Gasteiger partial charge is 0.00900 e. The first kappa shape index (κ1) is 16.4. The van der Waals surface area contributed by atoms with Crippen molar-refractivity contribution in [3.8, 4) is 0 Å². The molecule has 0 aromatic heterocycles. The second-order valence-electron chi connectivity index (χ2n) is 8.55. The van der Waals surface area contributed by atoms with Crippen molar-refractivity contribution in [3.63, 3.8) is 0 Å². The van der Waals surface area contributed by atoms with Gasteiger partial charge in [-0.15, -0.1) is 0 Å². The van der Waals surface area contributed by atoms with Crippen LogP contribution in [-0.4, -0.2) is 0 Å². The summed E-state index contributed by atoms with van der Waals surface area (Å²) in [5, 5.41) is 0. The summed E-state index contributed by atoms with van der Waals surface area (Å²) >= 11 is 0. The van der Waals surface area contributed by atoms with Crippen LogP contribution < -0.4 is 0 Å². The minimum Gasteiger partial charge on any atom is -0.0758 e. The largest absolute Gasteiger partial charge is 0.0758 e. The lowest BCUT2D eigenvalue weighted by Crippen LogP contribution is -2.27. The van der Waals surface area contributed by atoms with Gasteiger partial charge in [-0.2, -0.15) is 0 Å². The number of benzene rings is 2. The van der Waals surface area contributed by atoms with Gasteiger partial charge in [-0.05, 0) is 77.6 Å². The maximum atomic E-state index is 2.45. The molecule has 2 aliphatic carbocycles. The third-order valence-electron chi connectivity index (χ3n) is 6.58. The van der Waals surface area contributed by atoms with E-state index in [1.807, 2.05) is 0 Å². The van der Waals surface area contributed by atoms with Gasteiger partial charge < -0.3 is 0 Å². The Balaban J connectivity index is 1.84. The van der Waals surface area contributed by atoms with Crippen molar-refractivity contribution in [1.82, 2.24) is 0 Å². The van der Waals surface area contributed by atoms with Crippen molar-refractivity contribution >= 4 is 12.2 Å². The van der Waals surface area contributed by atoms with Gasteiger partial charge in [0.25, 0.3) is 0 Å². The first-order chi connectivity index (χ1) is 11.8. The van der Waals surface area contributed by atoms with Crippen molar-refractivity contribution in [3.05, 3.63) is 80.9 Å². The van der Waals surface area contributed by atoms with Crippen LogP contribution in [0.3, 0.4) is 0 Å². The van der Waals surface area contributed by atoms with Crippen LogP contribution >= 0.6 is 0 Å². The molecule has 128 valence electrons. The van der Waals surface area contributed by atoms with Gasteiger partial charge in [-0.3, -0.25) is 0 Å². The summed E-state index contributed by atoms with van der Waals surface area (Å²) < 4.78 is 0. The molecule has 0 amide bonds. The average molecular weight is 328 g/mol. The highest BCUT2D eigenvalue weighted by Crippen LogP contribution is 2.55. The van der Waals surface area contributed by atoms with Crippen LogP contribution in [0.15, 0.2) is 36.4 Å². The number of fused-ring (bicyclic) bond motifs is 2. The van der Waals surface area contributed by atoms with Crippen molar-refractivity contribution in [2.24, 2.45) is 5.41 Å². The van der Waals surface area contributed by atoms with Gasteiger partial charge in [0.15, 0.2) is 0 Å². The Morgan fingerprint density at radius 2 is 0.960 bits per heavy atom. The van der Waals surface area contributed by atoms with Gasteiger partial charge in [0.1, 0.15) is 0 Å². The SMILES string of the molecule is Cc1ccc(C)c2c1C=CC2C(C)(C)C1C=Cc2c(C)ccc(C)c21. The summed E-state index contributed by atoms with van der Waals surface area (Å²) in [6.07, 6.45) is 9.60. The van der Waals surface area contributed by atoms with E-state index in [1.165, 1.54) is 44.5 Å². The fraction of sp³-hybridized carbons (Fsp3) is 0.360. The highest BCUT2D eigenvalue weighted by molar-refractivity contribution is 5.71. The number of hydrogen-bond acceptors (Lipinski definition) is 0. The molecule has 2 aliphatic rings. The topological polar surface area (TPSA) is 0 Å². The van der Waals surface area contributed by atoms with E-state index in [1.54, 1.807) is 0 Å². The molecule has 0 saturated heterocycles. The fourth-order valence-electron chi connectivity index (χ4n) is 4.99. The Morgan fingerprint density at radius 1 is 0.600 bits per heavy atom. The van der Waals surface area contributed by atoms with E-state index < -0.39 is 0 Å². The van der Waals surface area contributed by atoms with E-state index in [4.69, 9.17) is 0 Å². The Hall–Kier alpha value is -2.08. The van der Waals surface area contributed by atoms with E-state index in [-0.39, 0.29) is 5.41 Å². The molecule has 4 rings (SSSR count). The van der Waals surface area contributed by atoms with E-state index >= 15 is 0 Å². The molecular weight excluding hydrogens is 300 g/mol. The average Bonchev–Trinajstić information content (AvgIpc) is 3.20. The maximum Gasteiger partial charge on any atom is 0.00900 e. The van der Waals surface area contributed by atoms with Crippen LogP contribution in [0.4, 0.5) is 0 Å². The molecule has 0 saturated carbocycles. The summed E-state index contributed by atoms with van der Waals surface area (Å²) in [4.78, 5) is 0. The molecule has 0 N–H and O–H groups in total. The normalized spacial score (nSPS) is 20.9. The van der Waals surface area contributed by atoms with Crippen molar-refractivity contribution in [2.75, 3.05) is 0 Å². The summed E-state index contributed by atoms with van der Waals surface area (Å²) in [6.45, 7) is 13.9. The molecule has 0 spiro atoms. The lowest BCUT2D eigenvalue weighted by molar-refractivity contribution is 0.290. The van der Waals surface area contributed by atoms with Crippen LogP contribution in [0.1, 0.15) is 70.2 Å². The van der Waals surface area contributed by atoms with Gasteiger partial charge in [-0.25, -0.2) is 0 Å². The predicted molar refractivity (Wildman–Crippen MR) is 109 cm³/mol. The Morgan fingerprint density at radius 3 is 1.36 bits per heavy atom. The van der Waals surface area contributed by atoms with Gasteiger partial charge in [0.05, 0.1) is 0 Å². The molecule has 2 unspecified atom stereocenters. The van der Waals surface area contributed by atoms with Gasteiger partial charge in [0.2, 0.25) is 0 Å². The first-order valence-corrected chi connectivity index (χ1v) is 9.39. The zero-order valence-electron chi connectivity index (χ0n) is 16.3. The summed E-state index contributed by atoms with van der Waals surface area (Å²) in [6, 6.07) is 9.09. The Bertz CT molecular complexity index is 846. The molecule has 0 bridgehead atoms. The second-order valence-corrected chi connectivity index (χ2v) is 8.55. The molecule has 0 heteroatoms. The van der Waals surface area contributed by atoms with Crippen LogP contribution in [-0.2, 0) is 0 Å². The molecule has 0 aliphatic heterocycles. The van der Waals surface area contributed by atoms with Crippen LogP contribution in [0.5, 0.6) is 0 Å². The molecular formula is C25H28. The highest BCUT2D eigenvalue weighted by atomic mass is 14.5. The number of hydrogen-bond donors (Lipinski definition) is 0. The van der Waals surface area contributed by atoms with E-state index in [0.29, 0.717) is 11.8 Å². The zero-order valence-corrected chi connectivity index (χ0v) is 16.3. The monoisotopic (exact) mass is 328 g/mol. The van der Waals surface area contributed by atoms with Crippen molar-refractivity contribution < 1.29 is 0 Å². The minimum atomic E-state index is 0.139. The van der Waals surface area contributed by atoms with E-state index in [2.05, 4.69) is 90.1 Å². The quantitative estimate of drug-likeness (QED) is 0.564. The van der Waals surface area contributed by atoms with E-state index in [9.17, 15) is 0 Å². The molecule has 25 heavy (non-hydrogen) atoms. The van der Waals surface area contributed by atoms with Crippen molar-refractivity contribution in [1.29, 1.82) is 0 Å². The summed E-state index contributed by atoms with van der Waals surface area (Å²) in [5.41, 5.74) is 11.7. The molecule has 0 radical (unpaired) electrons. The zero-order chi connectivity index (χ0) is 17.9. The van der Waals surface area contributed by atoms with E-state index in [0.717, 1.165) is 0 Å². The number of allylic oxidation sites excluding steroid dienone is 2. The standard InChI is InChI=1S/C25H28/c1-15-7-9-17(3)23-19(15)11-13-21(23)25(5,6)22-14-12-20-16(2)8-10-18(4)24(20)22/h7-14,21-22H,1-6H3. The van der Waals surface area contributed by atoms with Gasteiger partial charge >= 0.3 is 0 Å². The molecule has 2 atom stereocenters. The Labute approximate surface area is 152 Å². The summed E-state index contributed by atoms with van der Waals surface area (Å²) in [5.74, 6) is 0.922. The molecule has 0 fully saturated rings. The predicted octanol–water partition coefficient (Wildman–Crippen LogP) is 6.87. The summed E-state index contributed by atoms with van der Waals surface area (Å²) in [7, 11) is 0. The fourth-order valence-corrected chi connectivity index (χ4v) is 4.99. The van der Waals surface area contributed by atoms with Gasteiger partial charge in [-0.1, -0.05) is 62.4 Å². The second kappa shape index (κ2) is 5.46. The van der Waals surface area contributed by atoms with Gasteiger partial charge in [0, 0.05) is 11.8 Å². The lowest BCUT2D eigenvalue weighted by Gasteiger charge is -2.38.